The van der Waals surface area contributed by atoms with E-state index in [-0.39, 0.29) is 17.5 Å². The molecule has 2 atom stereocenters. The molecule has 0 fully saturated rings. The normalized spacial score (nSPS) is 18.7. The first-order valence-electron chi connectivity index (χ1n) is 11.8. The minimum atomic E-state index is -0.515. The summed E-state index contributed by atoms with van der Waals surface area (Å²) in [6, 6.07) is 16.6. The Bertz CT molecular complexity index is 1480. The summed E-state index contributed by atoms with van der Waals surface area (Å²) in [6.07, 6.45) is 5.71. The van der Waals surface area contributed by atoms with E-state index in [0.717, 1.165) is 36.1 Å². The first kappa shape index (κ1) is 21.7. The minimum absolute atomic E-state index is 0.0169. The van der Waals surface area contributed by atoms with Crippen LogP contribution in [0.15, 0.2) is 65.7 Å². The van der Waals surface area contributed by atoms with Gasteiger partial charge in [0.1, 0.15) is 12.4 Å². The molecule has 2 aliphatic rings. The Morgan fingerprint density at radius 1 is 1.06 bits per heavy atom. The van der Waals surface area contributed by atoms with Gasteiger partial charge in [-0.3, -0.25) is 9.59 Å². The average molecular weight is 487 g/mol. The number of benzene rings is 2. The van der Waals surface area contributed by atoms with Crippen LogP contribution in [0, 0.1) is 0 Å². The predicted octanol–water partition coefficient (Wildman–Crippen LogP) is 3.83. The summed E-state index contributed by atoms with van der Waals surface area (Å²) in [5, 5.41) is 15.2. The molecule has 1 aliphatic heterocycles. The number of carbonyl (C=O) groups excluding carboxylic acids is 1. The first-order valence-corrected chi connectivity index (χ1v) is 12.1. The van der Waals surface area contributed by atoms with Crippen LogP contribution in [0.3, 0.4) is 0 Å². The van der Waals surface area contributed by atoms with E-state index < -0.39 is 6.04 Å². The van der Waals surface area contributed by atoms with Gasteiger partial charge in [-0.1, -0.05) is 35.9 Å². The maximum Gasteiger partial charge on any atom is 0.252 e. The Balaban J connectivity index is 1.32. The molecule has 1 N–H and O–H groups in total. The van der Waals surface area contributed by atoms with Crippen molar-refractivity contribution in [3.05, 3.63) is 93.1 Å². The molecule has 0 bridgehead atoms. The van der Waals surface area contributed by atoms with Gasteiger partial charge in [0.25, 0.3) is 5.56 Å². The smallest absolute Gasteiger partial charge is 0.252 e. The van der Waals surface area contributed by atoms with Gasteiger partial charge in [-0.15, -0.1) is 5.10 Å². The van der Waals surface area contributed by atoms with Crippen molar-refractivity contribution in [3.8, 4) is 16.8 Å². The highest BCUT2D eigenvalue weighted by atomic mass is 35.5. The topological polar surface area (TPSA) is 94.7 Å². The number of nitrogens with one attached hydrogen (secondary N) is 1. The van der Waals surface area contributed by atoms with Crippen molar-refractivity contribution in [2.75, 3.05) is 0 Å². The number of hydrogen-bond acceptors (Lipinski definition) is 5. The number of pyridine rings is 1. The van der Waals surface area contributed by atoms with Crippen LogP contribution in [-0.2, 0) is 17.6 Å². The Morgan fingerprint density at radius 3 is 2.80 bits per heavy atom. The van der Waals surface area contributed by atoms with Gasteiger partial charge in [-0.25, -0.2) is 0 Å². The second kappa shape index (κ2) is 8.78. The molecule has 1 unspecified atom stereocenters. The molecule has 3 heterocycles. The van der Waals surface area contributed by atoms with Crippen molar-refractivity contribution in [3.63, 3.8) is 0 Å². The van der Waals surface area contributed by atoms with E-state index in [4.69, 9.17) is 11.6 Å². The average Bonchev–Trinajstić information content (AvgIpc) is 3.55. The lowest BCUT2D eigenvalue weighted by Crippen LogP contribution is -2.38. The molecule has 1 aliphatic carbocycles. The van der Waals surface area contributed by atoms with E-state index in [1.54, 1.807) is 22.8 Å². The molecular weight excluding hydrogens is 464 g/mol. The molecule has 35 heavy (non-hydrogen) atoms. The summed E-state index contributed by atoms with van der Waals surface area (Å²) in [5.74, 6) is -0.0996. The summed E-state index contributed by atoms with van der Waals surface area (Å²) in [4.78, 5) is 26.6. The van der Waals surface area contributed by atoms with E-state index in [1.807, 2.05) is 24.3 Å². The molecule has 2 aromatic carbocycles. The van der Waals surface area contributed by atoms with Crippen LogP contribution in [0.1, 0.15) is 48.2 Å². The SMILES string of the molecule is O=C(NC1CCCc2ccccc21)[C@@H]1CCc2cc(-c3cc(Cl)ccc3-n3cnnn3)cc(=O)n21. The molecule has 0 saturated heterocycles. The second-order valence-electron chi connectivity index (χ2n) is 9.07. The predicted molar refractivity (Wildman–Crippen MR) is 131 cm³/mol. The third-order valence-electron chi connectivity index (χ3n) is 6.99. The molecule has 0 spiro atoms. The molecular formula is C26H23ClN6O2. The Kier molecular flexibility index (Phi) is 5.45. The fourth-order valence-corrected chi connectivity index (χ4v) is 5.55. The van der Waals surface area contributed by atoms with Crippen LogP contribution >= 0.6 is 11.6 Å². The van der Waals surface area contributed by atoms with Crippen molar-refractivity contribution in [1.82, 2.24) is 30.1 Å². The number of rotatable bonds is 4. The molecule has 0 saturated carbocycles. The molecule has 9 heteroatoms. The Labute approximate surface area is 206 Å². The number of aryl methyl sites for hydroxylation is 2. The fourth-order valence-electron chi connectivity index (χ4n) is 5.38. The van der Waals surface area contributed by atoms with Gasteiger partial charge in [-0.05, 0) is 83.5 Å². The van der Waals surface area contributed by atoms with Gasteiger partial charge in [0, 0.05) is 22.3 Å². The number of nitrogens with zero attached hydrogens (tertiary/aromatic N) is 5. The Morgan fingerprint density at radius 2 is 1.94 bits per heavy atom. The molecule has 6 rings (SSSR count). The largest absolute Gasteiger partial charge is 0.347 e. The van der Waals surface area contributed by atoms with Crippen molar-refractivity contribution in [2.24, 2.45) is 0 Å². The maximum absolute atomic E-state index is 13.3. The van der Waals surface area contributed by atoms with Crippen LogP contribution in [-0.4, -0.2) is 30.7 Å². The molecule has 4 aromatic rings. The maximum atomic E-state index is 13.3. The van der Waals surface area contributed by atoms with Crippen LogP contribution < -0.4 is 10.9 Å². The summed E-state index contributed by atoms with van der Waals surface area (Å²) in [7, 11) is 0. The van der Waals surface area contributed by atoms with E-state index in [2.05, 4.69) is 33.0 Å². The zero-order chi connectivity index (χ0) is 23.9. The van der Waals surface area contributed by atoms with Crippen LogP contribution in [0.4, 0.5) is 0 Å². The summed E-state index contributed by atoms with van der Waals surface area (Å²) in [5.41, 5.74) is 5.28. The van der Waals surface area contributed by atoms with E-state index >= 15 is 0 Å². The monoisotopic (exact) mass is 486 g/mol. The summed E-state index contributed by atoms with van der Waals surface area (Å²) < 4.78 is 3.17. The van der Waals surface area contributed by atoms with Crippen LogP contribution in [0.5, 0.6) is 0 Å². The quantitative estimate of drug-likeness (QED) is 0.473. The number of halogens is 1. The first-order chi connectivity index (χ1) is 17.1. The number of fused-ring (bicyclic) bond motifs is 2. The molecule has 1 amide bonds. The molecule has 0 radical (unpaired) electrons. The van der Waals surface area contributed by atoms with Gasteiger partial charge >= 0.3 is 0 Å². The highest BCUT2D eigenvalue weighted by Crippen LogP contribution is 2.34. The van der Waals surface area contributed by atoms with Gasteiger partial charge in [-0.2, -0.15) is 4.68 Å². The highest BCUT2D eigenvalue weighted by molar-refractivity contribution is 6.31. The Hall–Kier alpha value is -3.78. The second-order valence-corrected chi connectivity index (χ2v) is 9.50. The van der Waals surface area contributed by atoms with E-state index in [9.17, 15) is 9.59 Å². The lowest BCUT2D eigenvalue weighted by Gasteiger charge is -2.27. The number of aromatic nitrogens is 5. The summed E-state index contributed by atoms with van der Waals surface area (Å²) in [6.45, 7) is 0. The number of carbonyl (C=O) groups is 1. The van der Waals surface area contributed by atoms with Crippen molar-refractivity contribution in [1.29, 1.82) is 0 Å². The standard InChI is InChI=1S/C26H23ClN6O2/c27-18-8-10-23(32-15-28-30-31-32)21(14-18)17-12-19-9-11-24(33(19)25(34)13-17)26(35)29-22-7-3-5-16-4-1-2-6-20(16)22/h1-2,4,6,8,10,12-15,22,24H,3,5,7,9,11H2,(H,29,35)/t22?,24-/m0/s1. The molecule has 176 valence electrons. The van der Waals surface area contributed by atoms with Crippen LogP contribution in [0.2, 0.25) is 5.02 Å². The lowest BCUT2D eigenvalue weighted by atomic mass is 9.87. The van der Waals surface area contributed by atoms with E-state index in [1.165, 1.54) is 22.1 Å². The highest BCUT2D eigenvalue weighted by Gasteiger charge is 2.32. The third-order valence-corrected chi connectivity index (χ3v) is 7.22. The van der Waals surface area contributed by atoms with Gasteiger partial charge in [0.2, 0.25) is 5.91 Å². The number of hydrogen-bond donors (Lipinski definition) is 1. The zero-order valence-electron chi connectivity index (χ0n) is 18.9. The van der Waals surface area contributed by atoms with Gasteiger partial charge in [0.05, 0.1) is 11.7 Å². The minimum Gasteiger partial charge on any atom is -0.347 e. The lowest BCUT2D eigenvalue weighted by molar-refractivity contribution is -0.125. The van der Waals surface area contributed by atoms with Gasteiger partial charge < -0.3 is 9.88 Å². The van der Waals surface area contributed by atoms with Crippen molar-refractivity contribution < 1.29 is 4.79 Å². The van der Waals surface area contributed by atoms with Crippen molar-refractivity contribution >= 4 is 17.5 Å². The molecule has 8 nitrogen and oxygen atoms in total. The van der Waals surface area contributed by atoms with Crippen molar-refractivity contribution in [2.45, 2.75) is 44.2 Å². The number of amides is 1. The zero-order valence-corrected chi connectivity index (χ0v) is 19.7. The molecule has 2 aromatic heterocycles. The fraction of sp³-hybridized carbons (Fsp3) is 0.269. The number of tetrazole rings is 1. The van der Waals surface area contributed by atoms with E-state index in [0.29, 0.717) is 23.6 Å². The van der Waals surface area contributed by atoms with Gasteiger partial charge in [0.15, 0.2) is 0 Å². The third kappa shape index (κ3) is 3.93. The van der Waals surface area contributed by atoms with Crippen LogP contribution in [0.25, 0.3) is 16.8 Å². The summed E-state index contributed by atoms with van der Waals surface area (Å²) >= 11 is 6.28.